The molecule has 0 aromatic carbocycles. The molecule has 8 aromatic heterocycles. The smallest absolute Gasteiger partial charge is 0.222 e. The molecule has 5 aliphatic rings. The Morgan fingerprint density at radius 1 is 0.411 bits per heavy atom. The van der Waals surface area contributed by atoms with Gasteiger partial charge < -0.3 is 93.3 Å². The summed E-state index contributed by atoms with van der Waals surface area (Å²) >= 11 is 11.0. The Kier molecular flexibility index (Phi) is 44.6. The summed E-state index contributed by atoms with van der Waals surface area (Å²) in [4.78, 5) is 51.6. The van der Waals surface area contributed by atoms with Crippen molar-refractivity contribution in [2.75, 3.05) is 151 Å². The number of hydrogen-bond acceptors (Lipinski definition) is 27. The molecule has 27 nitrogen and oxygen atoms in total. The Morgan fingerprint density at radius 2 is 0.733 bits per heavy atom. The number of hydrogen-bond donors (Lipinski definition) is 5. The highest BCUT2D eigenvalue weighted by Gasteiger charge is 2.49. The average Bonchev–Trinajstić information content (AvgIpc) is 1.06. The number of likely N-dealkylation sites (N-methyl/N-ethyl adjacent to an activating group) is 5. The van der Waals surface area contributed by atoms with Crippen LogP contribution in [0.3, 0.4) is 0 Å². The van der Waals surface area contributed by atoms with Crippen molar-refractivity contribution in [2.24, 2.45) is 11.5 Å². The number of anilines is 3. The fourth-order valence-corrected chi connectivity index (χ4v) is 24.1. The Balaban J connectivity index is 0.000000224. The summed E-state index contributed by atoms with van der Waals surface area (Å²) in [6, 6.07) is 25.8. The van der Waals surface area contributed by atoms with E-state index in [2.05, 4.69) is 399 Å². The van der Waals surface area contributed by atoms with Gasteiger partial charge in [-0.3, -0.25) is 9.97 Å². The van der Waals surface area contributed by atoms with Crippen LogP contribution in [0.1, 0.15) is 207 Å². The molecule has 8 aromatic rings. The van der Waals surface area contributed by atoms with Crippen molar-refractivity contribution in [3.05, 3.63) is 157 Å². The molecular formula is C112H183Br3N18O9Si4. The van der Waals surface area contributed by atoms with Gasteiger partial charge in [0.25, 0.3) is 0 Å². The number of likely N-dealkylation sites (tertiary alicyclic amines) is 5. The first-order valence-electron chi connectivity index (χ1n) is 52.0. The molecule has 0 radical (unpaired) electrons. The van der Waals surface area contributed by atoms with E-state index in [1.807, 2.05) is 49.3 Å². The van der Waals surface area contributed by atoms with E-state index in [0.29, 0.717) is 53.7 Å². The van der Waals surface area contributed by atoms with E-state index in [1.165, 1.54) is 0 Å². The van der Waals surface area contributed by atoms with Crippen LogP contribution in [0.4, 0.5) is 17.1 Å². The lowest BCUT2D eigenvalue weighted by atomic mass is 10.0. The summed E-state index contributed by atoms with van der Waals surface area (Å²) in [7, 11) is 9.89. The van der Waals surface area contributed by atoms with Crippen molar-refractivity contribution in [2.45, 2.75) is 323 Å². The molecule has 0 unspecified atom stereocenters. The van der Waals surface area contributed by atoms with Gasteiger partial charge in [0.15, 0.2) is 33.3 Å². The average molecular weight is 2280 g/mol. The number of nitrogens with one attached hydrogen (secondary N) is 2. The summed E-state index contributed by atoms with van der Waals surface area (Å²) in [5, 5.41) is 17.2. The SMILES string of the molecule is C=CCN(c1cc(C)c(-c2ccc(C(C)C)nc2OC)nc1Br)[C@@H]1CN(C)C[C@@H]1O[Si](C)(C)C(C)(C)C.CN1C[C@@H](N)[C@@H](O)C1.CN1C[C@@H](N)[C@@H](O[Si](C)(C)C(C)(C)C)C1.COc1nc(C(C)C)ccc1-c1nc(Br)c(N[C@@H]2CN(C)C[C@@H]2O[Si](C)(C)C(C)(C)C)cc1C.COc1nc(C(C)C)ccc1-c1ncc(Br)cc1C.COc1nc(C(C)C)ccc1-c1ncc(N[C@@H]2CN(C)C[C@@H]2O[Si](C)(C)C(C)(C)C)cc1C. The number of nitrogens with two attached hydrogens (primary N) is 2. The molecule has 13 rings (SSSR count). The second-order valence-corrected chi connectivity index (χ2v) is 69.6. The number of nitrogens with zero attached hydrogens (tertiary/aromatic N) is 14. The lowest BCUT2D eigenvalue weighted by Gasteiger charge is -2.42. The zero-order valence-corrected chi connectivity index (χ0v) is 105. The maximum absolute atomic E-state index is 9.00. The number of pyridine rings is 8. The van der Waals surface area contributed by atoms with Crippen molar-refractivity contribution in [1.82, 2.24) is 64.4 Å². The van der Waals surface area contributed by atoms with E-state index in [-0.39, 0.29) is 80.9 Å². The first kappa shape index (κ1) is 125. The monoisotopic (exact) mass is 2270 g/mol. The summed E-state index contributed by atoms with van der Waals surface area (Å²) in [6.45, 7) is 85.2. The van der Waals surface area contributed by atoms with Gasteiger partial charge in [-0.25, -0.2) is 29.9 Å². The summed E-state index contributed by atoms with van der Waals surface area (Å²) in [5.41, 5.74) is 30.2. The minimum absolute atomic E-state index is 0.0278. The van der Waals surface area contributed by atoms with E-state index < -0.39 is 33.3 Å². The van der Waals surface area contributed by atoms with Gasteiger partial charge in [-0.1, -0.05) is 145 Å². The summed E-state index contributed by atoms with van der Waals surface area (Å²) in [5.74, 6) is 3.84. The van der Waals surface area contributed by atoms with Gasteiger partial charge >= 0.3 is 0 Å². The van der Waals surface area contributed by atoms with Crippen molar-refractivity contribution < 1.29 is 41.8 Å². The van der Waals surface area contributed by atoms with Crippen LogP contribution in [-0.4, -0.2) is 299 Å². The highest BCUT2D eigenvalue weighted by Crippen LogP contribution is 2.47. The van der Waals surface area contributed by atoms with Gasteiger partial charge in [0, 0.05) is 118 Å². The van der Waals surface area contributed by atoms with Crippen LogP contribution in [0.15, 0.2) is 112 Å². The minimum atomic E-state index is -1.94. The number of aryl methyl sites for hydroxylation is 4. The molecule has 812 valence electrons. The zero-order chi connectivity index (χ0) is 110. The lowest BCUT2D eigenvalue weighted by molar-refractivity contribution is 0.169. The molecular weight excluding hydrogens is 2090 g/mol. The number of methoxy groups -OCH3 is 4. The van der Waals surface area contributed by atoms with Crippen molar-refractivity contribution in [3.63, 3.8) is 0 Å². The van der Waals surface area contributed by atoms with Gasteiger partial charge in [-0.05, 0) is 302 Å². The van der Waals surface area contributed by atoms with E-state index in [9.17, 15) is 0 Å². The number of rotatable bonds is 28. The first-order chi connectivity index (χ1) is 67.6. The Labute approximate surface area is 908 Å². The van der Waals surface area contributed by atoms with Gasteiger partial charge in [0.1, 0.15) is 9.21 Å². The summed E-state index contributed by atoms with van der Waals surface area (Å²) < 4.78 is 51.8. The van der Waals surface area contributed by atoms with Crippen LogP contribution >= 0.6 is 47.8 Å². The first-order valence-corrected chi connectivity index (χ1v) is 66.0. The topological polar surface area (TPSA) is 293 Å². The second-order valence-electron chi connectivity index (χ2n) is 48.1. The maximum atomic E-state index is 9.00. The third-order valence-electron chi connectivity index (χ3n) is 30.2. The number of β-amino-alcohol motifs (C(OH)–C–C–N with tert-alkyl or cyclic N) is 1. The number of aliphatic hydroxyl groups is 1. The van der Waals surface area contributed by atoms with Gasteiger partial charge in [0.2, 0.25) is 23.5 Å². The highest BCUT2D eigenvalue weighted by atomic mass is 79.9. The van der Waals surface area contributed by atoms with Crippen LogP contribution in [0, 0.1) is 27.7 Å². The third-order valence-corrected chi connectivity index (χ3v) is 49.8. The Hall–Kier alpha value is -6.63. The van der Waals surface area contributed by atoms with Crippen LogP contribution in [-0.2, 0) is 17.7 Å². The molecule has 34 heteroatoms. The van der Waals surface area contributed by atoms with Gasteiger partial charge in [-0.2, -0.15) is 0 Å². The predicted octanol–water partition coefficient (Wildman–Crippen LogP) is 23.8. The molecule has 13 heterocycles. The van der Waals surface area contributed by atoms with E-state index in [1.54, 1.807) is 34.6 Å². The van der Waals surface area contributed by atoms with Crippen molar-refractivity contribution in [1.29, 1.82) is 0 Å². The van der Waals surface area contributed by atoms with Crippen molar-refractivity contribution in [3.8, 4) is 68.5 Å². The molecule has 5 aliphatic heterocycles. The quantitative estimate of drug-likeness (QED) is 0.0173. The molecule has 5 saturated heterocycles. The molecule has 146 heavy (non-hydrogen) atoms. The van der Waals surface area contributed by atoms with E-state index >= 15 is 0 Å². The number of aromatic nitrogens is 8. The molecule has 7 N–H and O–H groups in total. The maximum Gasteiger partial charge on any atom is 0.222 e. The third kappa shape index (κ3) is 33.0. The molecule has 0 spiro atoms. The number of aliphatic hydroxyl groups excluding tert-OH is 1. The largest absolute Gasteiger partial charge is 0.480 e. The molecule has 10 atom stereocenters. The summed E-state index contributed by atoms with van der Waals surface area (Å²) in [6.07, 6.45) is 6.03. The highest BCUT2D eigenvalue weighted by molar-refractivity contribution is 9.11. The van der Waals surface area contributed by atoms with E-state index in [0.717, 1.165) is 186 Å². The van der Waals surface area contributed by atoms with Crippen molar-refractivity contribution >= 4 is 98.1 Å². The fourth-order valence-electron chi connectivity index (χ4n) is 17.3. The van der Waals surface area contributed by atoms with Crippen LogP contribution in [0.25, 0.3) is 45.0 Å². The molecule has 0 aliphatic carbocycles. The molecule has 0 bridgehead atoms. The second kappa shape index (κ2) is 52.3. The standard InChI is InChI=1S/C29H45BrN4O2Si.C26H41BrN4O2Si.C26H42N4O2Si.C15H17BrN2O.C11H26N2OSi.C5H12N2O/c1-12-15-34(24-17-33(8)18-25(24)36-37(10,11)29(5,6)7)23-16-20(4)26(32-27(23)30)21-13-14-22(19(2)3)31-28(21)35-9;1-16(2)19-12-11-18(25(29-19)32-8)23-17(3)13-20(24(27)30-23)28-21-14-31(7)15-22(21)33-34(9,10)26(4,5)6;1-17(2)21-12-11-20(25(29-21)31-8)24-18(3)13-19(14-27-24)28-22-15-30(7)16-23(22)32-33(9,10)26(4,5)6;1-9(2)13-6-5-12(15(18-13)19-4)14-10(3)7-11(16)8-17-14;1-11(2,3)15(5,6)14-10-8-13(4)7-9(10)12;1-7-2-4(6)5(8)3-7/h12-14,16,19,24-25H,1,15,17-18H2,2-11H3;11-13,16,21-22,28H,14-15H2,1-10H3;11-14,17,22-23,28H,15-16H2,1-10H3;5-9H,1-4H3;9-10H,7-8,12H2,1-6H3;4-5,8H,2-3,6H2,1H3/t24-,25+;21-,22+;22-,23+;;9-,10+;4-,5+/m111.11/s1. The lowest BCUT2D eigenvalue weighted by Crippen LogP contribution is -2.51. The van der Waals surface area contributed by atoms with Gasteiger partial charge in [0.05, 0.1) is 145 Å². The molecule has 0 saturated carbocycles. The zero-order valence-electron chi connectivity index (χ0n) is 96.5. The number of ether oxygens (including phenoxy) is 4. The van der Waals surface area contributed by atoms with Crippen LogP contribution in [0.2, 0.25) is 72.5 Å². The number of halogens is 3. The van der Waals surface area contributed by atoms with Crippen LogP contribution in [0.5, 0.6) is 23.5 Å². The molecule has 0 amide bonds. The Bertz CT molecular complexity index is 5590. The predicted molar refractivity (Wildman–Crippen MR) is 628 cm³/mol. The van der Waals surface area contributed by atoms with E-state index in [4.69, 9.17) is 78.1 Å². The van der Waals surface area contributed by atoms with Crippen LogP contribution < -0.4 is 45.9 Å². The normalized spacial score (nSPS) is 20.6. The fraction of sp³-hybridized carbons (Fsp3) is 0.625. The van der Waals surface area contributed by atoms with Gasteiger partial charge in [-0.15, -0.1) is 6.58 Å². The minimum Gasteiger partial charge on any atom is -0.480 e. The molecule has 5 fully saturated rings. The Morgan fingerprint density at radius 3 is 1.08 bits per heavy atom.